The first-order valence-corrected chi connectivity index (χ1v) is 17.1. The zero-order valence-corrected chi connectivity index (χ0v) is 25.7. The number of carbonyl (C=O) groups is 1. The van der Waals surface area contributed by atoms with E-state index in [9.17, 15) is 4.79 Å². The zero-order chi connectivity index (χ0) is 26.9. The summed E-state index contributed by atoms with van der Waals surface area (Å²) in [5.74, 6) is 0.505. The van der Waals surface area contributed by atoms with Crippen LogP contribution < -0.4 is 0 Å². The fourth-order valence-electron chi connectivity index (χ4n) is 5.09. The van der Waals surface area contributed by atoms with E-state index in [0.29, 0.717) is 5.78 Å². The van der Waals surface area contributed by atoms with Crippen molar-refractivity contribution in [3.63, 3.8) is 0 Å². The summed E-state index contributed by atoms with van der Waals surface area (Å²) >= 11 is 0. The second-order valence-electron chi connectivity index (χ2n) is 11.6. The van der Waals surface area contributed by atoms with Gasteiger partial charge in [0.25, 0.3) is 0 Å². The largest absolute Gasteiger partial charge is 0.300 e. The van der Waals surface area contributed by atoms with Crippen molar-refractivity contribution in [3.05, 3.63) is 24.3 Å². The maximum absolute atomic E-state index is 12.1. The normalized spacial score (nSPS) is 11.8. The summed E-state index contributed by atoms with van der Waals surface area (Å²) in [7, 11) is 0. The van der Waals surface area contributed by atoms with Crippen LogP contribution in [-0.2, 0) is 4.79 Å². The molecule has 0 radical (unpaired) electrons. The molecule has 0 heterocycles. The van der Waals surface area contributed by atoms with Crippen LogP contribution in [0.25, 0.3) is 0 Å². The number of hydrogen-bond acceptors (Lipinski definition) is 1. The van der Waals surface area contributed by atoms with E-state index in [4.69, 9.17) is 0 Å². The summed E-state index contributed by atoms with van der Waals surface area (Å²) in [6.07, 6.45) is 47.0. The van der Waals surface area contributed by atoms with Gasteiger partial charge in [0.2, 0.25) is 0 Å². The highest BCUT2D eigenvalue weighted by Gasteiger charge is 2.02. The molecule has 0 fully saturated rings. The molecule has 0 atom stereocenters. The third kappa shape index (κ3) is 33.1. The van der Waals surface area contributed by atoms with Gasteiger partial charge in [-0.15, -0.1) is 0 Å². The van der Waals surface area contributed by atoms with Gasteiger partial charge < -0.3 is 0 Å². The van der Waals surface area contributed by atoms with Crippen molar-refractivity contribution in [2.45, 2.75) is 200 Å². The fourth-order valence-corrected chi connectivity index (χ4v) is 5.09. The lowest BCUT2D eigenvalue weighted by Crippen LogP contribution is -1.97. The Morgan fingerprint density at radius 1 is 0.351 bits per heavy atom. The number of allylic oxidation sites excluding steroid dienone is 4. The van der Waals surface area contributed by atoms with Crippen molar-refractivity contribution in [3.8, 4) is 0 Å². The Balaban J connectivity index is 3.24. The summed E-state index contributed by atoms with van der Waals surface area (Å²) in [5, 5.41) is 0. The molecule has 0 N–H and O–H groups in total. The molecule has 0 aliphatic carbocycles. The minimum Gasteiger partial charge on any atom is -0.300 e. The second kappa shape index (κ2) is 33.2. The Labute approximate surface area is 234 Å². The van der Waals surface area contributed by atoms with Gasteiger partial charge in [-0.3, -0.25) is 4.79 Å². The van der Waals surface area contributed by atoms with Crippen molar-refractivity contribution < 1.29 is 4.79 Å². The van der Waals surface area contributed by atoms with Crippen LogP contribution >= 0.6 is 0 Å². The minimum absolute atomic E-state index is 0.505. The number of ketones is 1. The van der Waals surface area contributed by atoms with Crippen LogP contribution in [0.4, 0.5) is 0 Å². The van der Waals surface area contributed by atoms with Gasteiger partial charge in [-0.2, -0.15) is 0 Å². The Kier molecular flexibility index (Phi) is 32.4. The van der Waals surface area contributed by atoms with Crippen molar-refractivity contribution in [2.75, 3.05) is 0 Å². The van der Waals surface area contributed by atoms with Gasteiger partial charge in [-0.25, -0.2) is 0 Å². The molecular weight excluding hydrogens is 448 g/mol. The second-order valence-corrected chi connectivity index (χ2v) is 11.6. The smallest absolute Gasteiger partial charge is 0.132 e. The lowest BCUT2D eigenvalue weighted by Gasteiger charge is -2.03. The Morgan fingerprint density at radius 2 is 0.595 bits per heavy atom. The Hall–Kier alpha value is -0.850. The standard InChI is InChI=1S/C36H68O/c1-3-5-7-9-11-13-15-17-19-21-23-25-27-29-31-33-35-36(37)34-32-30-28-26-24-22-20-18-16-14-12-10-8-6-4-2/h17,19-20,22H,3-16,18,21,23-35H2,1-2H3. The highest BCUT2D eigenvalue weighted by atomic mass is 16.1. The van der Waals surface area contributed by atoms with Gasteiger partial charge in [0.15, 0.2) is 0 Å². The van der Waals surface area contributed by atoms with Crippen molar-refractivity contribution >= 4 is 5.78 Å². The maximum Gasteiger partial charge on any atom is 0.132 e. The molecule has 37 heavy (non-hydrogen) atoms. The highest BCUT2D eigenvalue weighted by Crippen LogP contribution is 2.13. The molecule has 0 amide bonds. The van der Waals surface area contributed by atoms with Gasteiger partial charge in [-0.1, -0.05) is 147 Å². The van der Waals surface area contributed by atoms with Crippen LogP contribution in [0, 0.1) is 0 Å². The molecule has 0 rings (SSSR count). The average Bonchev–Trinajstić information content (AvgIpc) is 2.90. The number of carbonyl (C=O) groups excluding carboxylic acids is 1. The molecule has 0 aromatic heterocycles. The van der Waals surface area contributed by atoms with Crippen LogP contribution in [-0.4, -0.2) is 5.78 Å². The van der Waals surface area contributed by atoms with E-state index in [0.717, 1.165) is 25.7 Å². The van der Waals surface area contributed by atoms with Crippen LogP contribution in [0.2, 0.25) is 0 Å². The van der Waals surface area contributed by atoms with Gasteiger partial charge in [0, 0.05) is 12.8 Å². The maximum atomic E-state index is 12.1. The topological polar surface area (TPSA) is 17.1 Å². The monoisotopic (exact) mass is 517 g/mol. The third-order valence-corrected chi connectivity index (χ3v) is 7.68. The van der Waals surface area contributed by atoms with Gasteiger partial charge >= 0.3 is 0 Å². The third-order valence-electron chi connectivity index (χ3n) is 7.68. The first kappa shape index (κ1) is 36.1. The van der Waals surface area contributed by atoms with Crippen molar-refractivity contribution in [1.82, 2.24) is 0 Å². The number of hydrogen-bond donors (Lipinski definition) is 0. The van der Waals surface area contributed by atoms with E-state index in [2.05, 4.69) is 38.2 Å². The SMILES string of the molecule is CCCCCCCCC=CCCCCCCCCC(=O)CCCCCCC=CCCCCCCCCC. The lowest BCUT2D eigenvalue weighted by molar-refractivity contribution is -0.119. The van der Waals surface area contributed by atoms with Crippen LogP contribution in [0.3, 0.4) is 0 Å². The van der Waals surface area contributed by atoms with E-state index in [1.165, 1.54) is 161 Å². The van der Waals surface area contributed by atoms with E-state index in [-0.39, 0.29) is 0 Å². The summed E-state index contributed by atoms with van der Waals surface area (Å²) < 4.78 is 0. The van der Waals surface area contributed by atoms with E-state index < -0.39 is 0 Å². The van der Waals surface area contributed by atoms with E-state index >= 15 is 0 Å². The van der Waals surface area contributed by atoms with Crippen LogP contribution in [0.15, 0.2) is 24.3 Å². The van der Waals surface area contributed by atoms with Crippen LogP contribution in [0.5, 0.6) is 0 Å². The summed E-state index contributed by atoms with van der Waals surface area (Å²) in [5.41, 5.74) is 0. The Morgan fingerprint density at radius 3 is 0.892 bits per heavy atom. The summed E-state index contributed by atoms with van der Waals surface area (Å²) in [6.45, 7) is 4.57. The highest BCUT2D eigenvalue weighted by molar-refractivity contribution is 5.78. The molecule has 218 valence electrons. The molecule has 0 aromatic rings. The van der Waals surface area contributed by atoms with Gasteiger partial charge in [0.05, 0.1) is 0 Å². The minimum atomic E-state index is 0.505. The average molecular weight is 517 g/mol. The molecule has 0 aliphatic rings. The van der Waals surface area contributed by atoms with E-state index in [1.54, 1.807) is 0 Å². The first-order chi connectivity index (χ1) is 18.3. The van der Waals surface area contributed by atoms with Crippen molar-refractivity contribution in [1.29, 1.82) is 0 Å². The molecule has 1 heteroatoms. The van der Waals surface area contributed by atoms with Crippen molar-refractivity contribution in [2.24, 2.45) is 0 Å². The predicted molar refractivity (Wildman–Crippen MR) is 169 cm³/mol. The first-order valence-electron chi connectivity index (χ1n) is 17.1. The fraction of sp³-hybridized carbons (Fsp3) is 0.861. The molecule has 1 nitrogen and oxygen atoms in total. The molecule has 0 saturated heterocycles. The molecule has 0 aromatic carbocycles. The summed E-state index contributed by atoms with van der Waals surface area (Å²) in [6, 6.07) is 0. The predicted octanol–water partition coefficient (Wildman–Crippen LogP) is 13.0. The van der Waals surface area contributed by atoms with Gasteiger partial charge in [0.1, 0.15) is 5.78 Å². The molecule has 0 unspecified atom stereocenters. The Bertz CT molecular complexity index is 489. The quantitative estimate of drug-likeness (QED) is 0.0661. The van der Waals surface area contributed by atoms with Crippen LogP contribution in [0.1, 0.15) is 200 Å². The lowest BCUT2D eigenvalue weighted by atomic mass is 10.0. The van der Waals surface area contributed by atoms with Gasteiger partial charge in [-0.05, 0) is 64.2 Å². The number of rotatable bonds is 31. The molecular formula is C36H68O. The molecule has 0 aliphatic heterocycles. The zero-order valence-electron chi connectivity index (χ0n) is 25.7. The molecule has 0 saturated carbocycles. The molecule has 0 spiro atoms. The number of unbranched alkanes of at least 4 members (excludes halogenated alkanes) is 23. The number of Topliss-reactive ketones (excluding diaryl/α,β-unsaturated/α-hetero) is 1. The summed E-state index contributed by atoms with van der Waals surface area (Å²) in [4.78, 5) is 12.1. The van der Waals surface area contributed by atoms with E-state index in [1.807, 2.05) is 0 Å². The molecule has 0 bridgehead atoms.